The number of ether oxygens (including phenoxy) is 1. The molecule has 0 atom stereocenters. The van der Waals surface area contributed by atoms with Crippen molar-refractivity contribution < 1.29 is 27.5 Å². The zero-order chi connectivity index (χ0) is 26.6. The molecule has 0 radical (unpaired) electrons. The first kappa shape index (κ1) is 25.6. The number of anilines is 1. The second-order valence-corrected chi connectivity index (χ2v) is 8.08. The number of nitrogens with two attached hydrogens (primary N) is 1. The van der Waals surface area contributed by atoms with Gasteiger partial charge < -0.3 is 10.5 Å². The monoisotopic (exact) mass is 509 g/mol. The number of carbonyl (C=O) groups excluding carboxylic acids is 2. The highest BCUT2D eigenvalue weighted by molar-refractivity contribution is 6.04. The van der Waals surface area contributed by atoms with E-state index in [1.165, 1.54) is 16.8 Å². The van der Waals surface area contributed by atoms with E-state index in [2.05, 4.69) is 20.1 Å². The van der Waals surface area contributed by atoms with Gasteiger partial charge in [0.1, 0.15) is 5.75 Å². The minimum Gasteiger partial charge on any atom is -0.406 e. The first-order valence-electron chi connectivity index (χ1n) is 11.1. The van der Waals surface area contributed by atoms with Crippen molar-refractivity contribution in [3.8, 4) is 11.4 Å². The topological polar surface area (TPSA) is 112 Å². The molecule has 0 unspecified atom stereocenters. The Hall–Kier alpha value is -4.51. The van der Waals surface area contributed by atoms with Gasteiger partial charge in [-0.3, -0.25) is 14.9 Å². The van der Waals surface area contributed by atoms with Gasteiger partial charge in [-0.1, -0.05) is 42.5 Å². The molecule has 4 rings (SSSR count). The van der Waals surface area contributed by atoms with Gasteiger partial charge >= 0.3 is 6.36 Å². The smallest absolute Gasteiger partial charge is 0.406 e. The molecule has 0 aliphatic heterocycles. The van der Waals surface area contributed by atoms with E-state index < -0.39 is 18.0 Å². The summed E-state index contributed by atoms with van der Waals surface area (Å²) in [7, 11) is 0. The molecule has 0 fully saturated rings. The van der Waals surface area contributed by atoms with Crippen molar-refractivity contribution >= 4 is 17.6 Å². The standard InChI is InChI=1S/C26H22F3N5O3/c1-16-4-2-3-5-21(16)24(36)32-25-31-23(14-22(35)18-8-6-17(15-30)7-9-18)33-34(25)19-10-12-20(13-11-19)37-26(27,28)29/h2-13H,14-15,30H2,1H3,(H,31,32,33,36). The highest BCUT2D eigenvalue weighted by atomic mass is 19.4. The van der Waals surface area contributed by atoms with Crippen molar-refractivity contribution in [1.29, 1.82) is 0 Å². The molecule has 0 bridgehead atoms. The van der Waals surface area contributed by atoms with Gasteiger partial charge in [0.2, 0.25) is 5.95 Å². The number of amides is 1. The summed E-state index contributed by atoms with van der Waals surface area (Å²) in [5.41, 5.74) is 8.35. The maximum Gasteiger partial charge on any atom is 0.573 e. The van der Waals surface area contributed by atoms with E-state index in [0.29, 0.717) is 23.4 Å². The van der Waals surface area contributed by atoms with Gasteiger partial charge in [0, 0.05) is 17.7 Å². The number of carbonyl (C=O) groups is 2. The predicted molar refractivity (Wildman–Crippen MR) is 130 cm³/mol. The molecule has 3 aromatic carbocycles. The second kappa shape index (κ2) is 10.6. The Balaban J connectivity index is 1.64. The van der Waals surface area contributed by atoms with Gasteiger partial charge in [0.05, 0.1) is 12.1 Å². The summed E-state index contributed by atoms with van der Waals surface area (Å²) in [4.78, 5) is 30.1. The number of rotatable bonds is 8. The average Bonchev–Trinajstić information content (AvgIpc) is 3.25. The molecular formula is C26H22F3N5O3. The molecule has 0 aliphatic rings. The third kappa shape index (κ3) is 6.39. The lowest BCUT2D eigenvalue weighted by molar-refractivity contribution is -0.274. The second-order valence-electron chi connectivity index (χ2n) is 8.08. The highest BCUT2D eigenvalue weighted by Gasteiger charge is 2.31. The van der Waals surface area contributed by atoms with E-state index in [1.807, 2.05) is 0 Å². The van der Waals surface area contributed by atoms with E-state index >= 15 is 0 Å². The van der Waals surface area contributed by atoms with Gasteiger partial charge in [-0.25, -0.2) is 0 Å². The maximum atomic E-state index is 12.9. The lowest BCUT2D eigenvalue weighted by atomic mass is 10.1. The molecule has 8 nitrogen and oxygen atoms in total. The number of nitrogens with zero attached hydrogens (tertiary/aromatic N) is 3. The summed E-state index contributed by atoms with van der Waals surface area (Å²) < 4.78 is 42.8. The summed E-state index contributed by atoms with van der Waals surface area (Å²) in [6.45, 7) is 2.12. The predicted octanol–water partition coefficient (Wildman–Crippen LogP) is 4.61. The van der Waals surface area contributed by atoms with E-state index in [9.17, 15) is 22.8 Å². The molecule has 0 saturated heterocycles. The first-order valence-corrected chi connectivity index (χ1v) is 11.1. The van der Waals surface area contributed by atoms with Crippen LogP contribution in [0.4, 0.5) is 19.1 Å². The Morgan fingerprint density at radius 2 is 1.68 bits per heavy atom. The van der Waals surface area contributed by atoms with Crippen LogP contribution >= 0.6 is 0 Å². The fourth-order valence-corrected chi connectivity index (χ4v) is 3.55. The SMILES string of the molecule is Cc1ccccc1C(=O)Nc1nc(CC(=O)c2ccc(CN)cc2)nn1-c1ccc(OC(F)(F)F)cc1. The van der Waals surface area contributed by atoms with Crippen LogP contribution in [-0.4, -0.2) is 32.8 Å². The number of aromatic nitrogens is 3. The van der Waals surface area contributed by atoms with Crippen LogP contribution in [0.5, 0.6) is 5.75 Å². The zero-order valence-electron chi connectivity index (χ0n) is 19.6. The number of nitrogens with one attached hydrogen (secondary N) is 1. The zero-order valence-corrected chi connectivity index (χ0v) is 19.6. The third-order valence-corrected chi connectivity index (χ3v) is 5.41. The molecule has 3 N–H and O–H groups in total. The molecule has 1 aromatic heterocycles. The van der Waals surface area contributed by atoms with E-state index in [1.54, 1.807) is 55.5 Å². The normalized spacial score (nSPS) is 11.3. The Labute approximate surface area is 209 Å². The van der Waals surface area contributed by atoms with Gasteiger partial charge in [-0.05, 0) is 48.4 Å². The number of aryl methyl sites for hydroxylation is 1. The summed E-state index contributed by atoms with van der Waals surface area (Å²) in [5.74, 6) is -1.02. The first-order chi connectivity index (χ1) is 17.6. The number of ketones is 1. The maximum absolute atomic E-state index is 12.9. The molecule has 0 spiro atoms. The molecule has 190 valence electrons. The number of halogens is 3. The van der Waals surface area contributed by atoms with Crippen LogP contribution in [0.25, 0.3) is 5.69 Å². The molecule has 4 aromatic rings. The van der Waals surface area contributed by atoms with Crippen LogP contribution < -0.4 is 15.8 Å². The van der Waals surface area contributed by atoms with Gasteiger partial charge in [0.25, 0.3) is 5.91 Å². The minimum atomic E-state index is -4.84. The van der Waals surface area contributed by atoms with Crippen LogP contribution in [-0.2, 0) is 13.0 Å². The summed E-state index contributed by atoms with van der Waals surface area (Å²) in [5, 5.41) is 7.02. The number of alkyl halides is 3. The molecule has 1 heterocycles. The molecule has 37 heavy (non-hydrogen) atoms. The van der Waals surface area contributed by atoms with Crippen LogP contribution in [0.2, 0.25) is 0 Å². The quantitative estimate of drug-likeness (QED) is 0.336. The van der Waals surface area contributed by atoms with E-state index in [-0.39, 0.29) is 24.0 Å². The number of Topliss-reactive ketones (excluding diaryl/α,β-unsaturated/α-hetero) is 1. The summed E-state index contributed by atoms with van der Waals surface area (Å²) >= 11 is 0. The van der Waals surface area contributed by atoms with Crippen molar-refractivity contribution in [1.82, 2.24) is 14.8 Å². The Kier molecular flexibility index (Phi) is 7.35. The van der Waals surface area contributed by atoms with Crippen LogP contribution in [0, 0.1) is 6.92 Å². The Morgan fingerprint density at radius 1 is 1.00 bits per heavy atom. The van der Waals surface area contributed by atoms with Crippen molar-refractivity contribution in [2.75, 3.05) is 5.32 Å². The lowest BCUT2D eigenvalue weighted by Crippen LogP contribution is -2.17. The average molecular weight is 509 g/mol. The molecule has 0 saturated carbocycles. The fourth-order valence-electron chi connectivity index (χ4n) is 3.55. The van der Waals surface area contributed by atoms with Crippen molar-refractivity contribution in [3.63, 3.8) is 0 Å². The fraction of sp³-hybridized carbons (Fsp3) is 0.154. The van der Waals surface area contributed by atoms with E-state index in [4.69, 9.17) is 5.73 Å². The van der Waals surface area contributed by atoms with Gasteiger partial charge in [0.15, 0.2) is 11.6 Å². The Bertz CT molecular complexity index is 1410. The number of benzene rings is 3. The minimum absolute atomic E-state index is 0.000905. The van der Waals surface area contributed by atoms with Crippen molar-refractivity contribution in [2.24, 2.45) is 5.73 Å². The van der Waals surface area contributed by atoms with Crippen LogP contribution in [0.3, 0.4) is 0 Å². The van der Waals surface area contributed by atoms with E-state index in [0.717, 1.165) is 23.3 Å². The Morgan fingerprint density at radius 3 is 2.30 bits per heavy atom. The lowest BCUT2D eigenvalue weighted by Gasteiger charge is -2.11. The van der Waals surface area contributed by atoms with Crippen molar-refractivity contribution in [2.45, 2.75) is 26.3 Å². The third-order valence-electron chi connectivity index (χ3n) is 5.41. The summed E-state index contributed by atoms with van der Waals surface area (Å²) in [6, 6.07) is 18.6. The largest absolute Gasteiger partial charge is 0.573 e. The molecular weight excluding hydrogens is 487 g/mol. The number of hydrogen-bond donors (Lipinski definition) is 2. The van der Waals surface area contributed by atoms with Gasteiger partial charge in [-0.2, -0.15) is 9.67 Å². The number of hydrogen-bond acceptors (Lipinski definition) is 6. The van der Waals surface area contributed by atoms with Crippen LogP contribution in [0.1, 0.15) is 37.7 Å². The molecule has 0 aliphatic carbocycles. The highest BCUT2D eigenvalue weighted by Crippen LogP contribution is 2.25. The van der Waals surface area contributed by atoms with Crippen molar-refractivity contribution in [3.05, 3.63) is 101 Å². The van der Waals surface area contributed by atoms with Crippen LogP contribution in [0.15, 0.2) is 72.8 Å². The summed E-state index contributed by atoms with van der Waals surface area (Å²) in [6.07, 6.45) is -5.01. The van der Waals surface area contributed by atoms with Gasteiger partial charge in [-0.15, -0.1) is 18.3 Å². The molecule has 1 amide bonds. The molecule has 11 heteroatoms.